The van der Waals surface area contributed by atoms with E-state index >= 15 is 0 Å². The quantitative estimate of drug-likeness (QED) is 0.759. The lowest BCUT2D eigenvalue weighted by Gasteiger charge is -2.36. The zero-order valence-corrected chi connectivity index (χ0v) is 9.56. The van der Waals surface area contributed by atoms with Crippen molar-refractivity contribution in [3.8, 4) is 6.07 Å². The summed E-state index contributed by atoms with van der Waals surface area (Å²) in [5.41, 5.74) is 0.447. The van der Waals surface area contributed by atoms with Gasteiger partial charge in [0.1, 0.15) is 6.07 Å². The first-order chi connectivity index (χ1) is 7.86. The molecular weight excluding hydrogens is 200 g/mol. The third-order valence-electron chi connectivity index (χ3n) is 3.16. The Morgan fingerprint density at radius 1 is 1.44 bits per heavy atom. The second-order valence-corrected chi connectivity index (χ2v) is 4.09. The zero-order valence-electron chi connectivity index (χ0n) is 9.56. The topological polar surface area (TPSA) is 52.8 Å². The third-order valence-corrected chi connectivity index (χ3v) is 3.16. The number of anilines is 1. The van der Waals surface area contributed by atoms with Crippen molar-refractivity contribution >= 4 is 5.82 Å². The van der Waals surface area contributed by atoms with E-state index in [1.54, 1.807) is 12.4 Å². The van der Waals surface area contributed by atoms with Crippen molar-refractivity contribution < 1.29 is 0 Å². The van der Waals surface area contributed by atoms with Crippen molar-refractivity contribution in [2.45, 2.75) is 38.6 Å². The first-order valence-electron chi connectivity index (χ1n) is 5.84. The molecule has 1 unspecified atom stereocenters. The lowest BCUT2D eigenvalue weighted by molar-refractivity contribution is 0.446. The van der Waals surface area contributed by atoms with Gasteiger partial charge in [-0.1, -0.05) is 6.92 Å². The van der Waals surface area contributed by atoms with Gasteiger partial charge in [-0.05, 0) is 25.7 Å². The lowest BCUT2D eigenvalue weighted by Crippen LogP contribution is -2.40. The van der Waals surface area contributed by atoms with Crippen LogP contribution < -0.4 is 4.90 Å². The van der Waals surface area contributed by atoms with Crippen LogP contribution in [0.15, 0.2) is 12.4 Å². The fraction of sp³-hybridized carbons (Fsp3) is 0.583. The molecule has 1 aliphatic heterocycles. The highest BCUT2D eigenvalue weighted by Gasteiger charge is 2.24. The highest BCUT2D eigenvalue weighted by atomic mass is 15.2. The summed E-state index contributed by atoms with van der Waals surface area (Å²) in [7, 11) is 0. The number of nitriles is 1. The molecule has 84 valence electrons. The monoisotopic (exact) mass is 216 g/mol. The van der Waals surface area contributed by atoms with E-state index in [4.69, 9.17) is 5.26 Å². The average molecular weight is 216 g/mol. The van der Waals surface area contributed by atoms with Crippen molar-refractivity contribution in [1.82, 2.24) is 9.97 Å². The number of aromatic nitrogens is 2. The summed E-state index contributed by atoms with van der Waals surface area (Å²) >= 11 is 0. The largest absolute Gasteiger partial charge is 0.351 e. The Hall–Kier alpha value is -1.63. The Balaban J connectivity index is 2.31. The van der Waals surface area contributed by atoms with Gasteiger partial charge in [0, 0.05) is 25.0 Å². The van der Waals surface area contributed by atoms with Gasteiger partial charge in [-0.2, -0.15) is 5.26 Å². The van der Waals surface area contributed by atoms with E-state index in [1.165, 1.54) is 19.3 Å². The van der Waals surface area contributed by atoms with Crippen molar-refractivity contribution in [1.29, 1.82) is 5.26 Å². The van der Waals surface area contributed by atoms with Crippen molar-refractivity contribution in [3.05, 3.63) is 18.1 Å². The lowest BCUT2D eigenvalue weighted by atomic mass is 10.00. The third kappa shape index (κ3) is 1.99. The summed E-state index contributed by atoms with van der Waals surface area (Å²) in [6, 6.07) is 2.63. The fourth-order valence-corrected chi connectivity index (χ4v) is 2.32. The SMILES string of the molecule is CCC1CCCCN1c1nccnc1C#N. The minimum Gasteiger partial charge on any atom is -0.351 e. The van der Waals surface area contributed by atoms with Gasteiger partial charge in [0.25, 0.3) is 0 Å². The molecule has 0 aromatic carbocycles. The smallest absolute Gasteiger partial charge is 0.183 e. The molecule has 0 N–H and O–H groups in total. The molecule has 1 atom stereocenters. The molecule has 0 radical (unpaired) electrons. The summed E-state index contributed by atoms with van der Waals surface area (Å²) in [5.74, 6) is 0.761. The van der Waals surface area contributed by atoms with E-state index in [9.17, 15) is 0 Å². The van der Waals surface area contributed by atoms with Crippen LogP contribution in [-0.4, -0.2) is 22.6 Å². The van der Waals surface area contributed by atoms with Gasteiger partial charge in [0.15, 0.2) is 11.5 Å². The molecule has 0 saturated carbocycles. The van der Waals surface area contributed by atoms with Gasteiger partial charge in [0.05, 0.1) is 0 Å². The Kier molecular flexibility index (Phi) is 3.35. The zero-order chi connectivity index (χ0) is 11.4. The van der Waals surface area contributed by atoms with Gasteiger partial charge in [0.2, 0.25) is 0 Å². The molecule has 0 aliphatic carbocycles. The number of piperidine rings is 1. The van der Waals surface area contributed by atoms with E-state index in [2.05, 4.69) is 27.9 Å². The molecule has 1 fully saturated rings. The Morgan fingerprint density at radius 2 is 2.25 bits per heavy atom. The molecule has 1 aliphatic rings. The summed E-state index contributed by atoms with van der Waals surface area (Å²) in [6.07, 6.45) is 7.99. The highest BCUT2D eigenvalue weighted by Crippen LogP contribution is 2.26. The second-order valence-electron chi connectivity index (χ2n) is 4.09. The highest BCUT2D eigenvalue weighted by molar-refractivity contribution is 5.50. The van der Waals surface area contributed by atoms with Gasteiger partial charge in [-0.3, -0.25) is 0 Å². The molecule has 0 spiro atoms. The maximum absolute atomic E-state index is 9.03. The van der Waals surface area contributed by atoms with Crippen LogP contribution in [0.5, 0.6) is 0 Å². The molecular formula is C12H16N4. The van der Waals surface area contributed by atoms with E-state index in [0.29, 0.717) is 11.7 Å². The van der Waals surface area contributed by atoms with E-state index in [-0.39, 0.29) is 0 Å². The summed E-state index contributed by atoms with van der Waals surface area (Å²) in [5, 5.41) is 9.03. The van der Waals surface area contributed by atoms with Crippen LogP contribution in [0.3, 0.4) is 0 Å². The van der Waals surface area contributed by atoms with E-state index < -0.39 is 0 Å². The standard InChI is InChI=1S/C12H16N4/c1-2-10-5-3-4-8-16(10)12-11(9-13)14-6-7-15-12/h6-7,10H,2-5,8H2,1H3. The molecule has 4 heteroatoms. The first-order valence-corrected chi connectivity index (χ1v) is 5.84. The van der Waals surface area contributed by atoms with Crippen LogP contribution in [0.25, 0.3) is 0 Å². The number of hydrogen-bond acceptors (Lipinski definition) is 4. The molecule has 4 nitrogen and oxygen atoms in total. The molecule has 2 heterocycles. The van der Waals surface area contributed by atoms with Gasteiger partial charge < -0.3 is 4.90 Å². The van der Waals surface area contributed by atoms with Crippen molar-refractivity contribution in [2.24, 2.45) is 0 Å². The van der Waals surface area contributed by atoms with Crippen LogP contribution in [0, 0.1) is 11.3 Å². The van der Waals surface area contributed by atoms with Crippen molar-refractivity contribution in [3.63, 3.8) is 0 Å². The summed E-state index contributed by atoms with van der Waals surface area (Å²) in [6.45, 7) is 3.18. The predicted molar refractivity (Wildman–Crippen MR) is 62.0 cm³/mol. The van der Waals surface area contributed by atoms with Crippen LogP contribution >= 0.6 is 0 Å². The maximum atomic E-state index is 9.03. The molecule has 16 heavy (non-hydrogen) atoms. The van der Waals surface area contributed by atoms with Crippen LogP contribution in [-0.2, 0) is 0 Å². The number of hydrogen-bond donors (Lipinski definition) is 0. The minimum absolute atomic E-state index is 0.447. The number of nitrogens with zero attached hydrogens (tertiary/aromatic N) is 4. The first kappa shape index (κ1) is 10.9. The second kappa shape index (κ2) is 4.93. The Labute approximate surface area is 95.9 Å². The van der Waals surface area contributed by atoms with Gasteiger partial charge >= 0.3 is 0 Å². The predicted octanol–water partition coefficient (Wildman–Crippen LogP) is 2.12. The maximum Gasteiger partial charge on any atom is 0.183 e. The Bertz CT molecular complexity index is 396. The molecule has 1 aromatic heterocycles. The van der Waals surface area contributed by atoms with Crippen LogP contribution in [0.2, 0.25) is 0 Å². The Morgan fingerprint density at radius 3 is 3.00 bits per heavy atom. The normalized spacial score (nSPS) is 20.5. The molecule has 2 rings (SSSR count). The molecule has 1 aromatic rings. The molecule has 0 amide bonds. The average Bonchev–Trinajstić information content (AvgIpc) is 2.38. The summed E-state index contributed by atoms with van der Waals surface area (Å²) < 4.78 is 0. The molecule has 1 saturated heterocycles. The van der Waals surface area contributed by atoms with Crippen LogP contribution in [0.1, 0.15) is 38.3 Å². The molecule has 0 bridgehead atoms. The van der Waals surface area contributed by atoms with Gasteiger partial charge in [-0.25, -0.2) is 9.97 Å². The van der Waals surface area contributed by atoms with E-state index in [1.807, 2.05) is 0 Å². The van der Waals surface area contributed by atoms with Crippen molar-refractivity contribution in [2.75, 3.05) is 11.4 Å². The minimum atomic E-state index is 0.447. The van der Waals surface area contributed by atoms with Gasteiger partial charge in [-0.15, -0.1) is 0 Å². The van der Waals surface area contributed by atoms with Crippen LogP contribution in [0.4, 0.5) is 5.82 Å². The van der Waals surface area contributed by atoms with E-state index in [0.717, 1.165) is 18.8 Å². The fourth-order valence-electron chi connectivity index (χ4n) is 2.32. The number of rotatable bonds is 2. The summed E-state index contributed by atoms with van der Waals surface area (Å²) in [4.78, 5) is 10.6.